The molecule has 0 aliphatic carbocycles. The Labute approximate surface area is 194 Å². The first-order chi connectivity index (χ1) is 15.9. The van der Waals surface area contributed by atoms with Crippen LogP contribution in [-0.4, -0.2) is 41.1 Å². The summed E-state index contributed by atoms with van der Waals surface area (Å²) in [6.45, 7) is 0.556. The third-order valence-electron chi connectivity index (χ3n) is 5.83. The van der Waals surface area contributed by atoms with E-state index in [1.54, 1.807) is 46.9 Å². The second-order valence-electron chi connectivity index (χ2n) is 7.85. The number of hydrogen-bond acceptors (Lipinski definition) is 5. The van der Waals surface area contributed by atoms with Gasteiger partial charge < -0.3 is 5.32 Å². The molecule has 1 aliphatic heterocycles. The van der Waals surface area contributed by atoms with Crippen LogP contribution in [-0.2, 0) is 14.8 Å². The van der Waals surface area contributed by atoms with Crippen LogP contribution < -0.4 is 5.32 Å². The maximum absolute atomic E-state index is 13.4. The smallest absolute Gasteiger partial charge is 0.243 e. The van der Waals surface area contributed by atoms with E-state index in [0.29, 0.717) is 34.9 Å². The van der Waals surface area contributed by atoms with Crippen molar-refractivity contribution in [2.24, 2.45) is 5.92 Å². The number of piperidine rings is 1. The highest BCUT2D eigenvalue weighted by atomic mass is 32.2. The van der Waals surface area contributed by atoms with Crippen molar-refractivity contribution in [1.82, 2.24) is 13.7 Å². The summed E-state index contributed by atoms with van der Waals surface area (Å²) in [5, 5.41) is 4.87. The highest BCUT2D eigenvalue weighted by Gasteiger charge is 2.32. The van der Waals surface area contributed by atoms with Crippen LogP contribution in [0.4, 0.5) is 10.2 Å². The maximum Gasteiger partial charge on any atom is 0.243 e. The minimum Gasteiger partial charge on any atom is -0.310 e. The third-order valence-corrected chi connectivity index (χ3v) is 8.50. The number of nitrogens with one attached hydrogen (secondary N) is 1. The van der Waals surface area contributed by atoms with Crippen LogP contribution in [0, 0.1) is 11.7 Å². The second kappa shape index (κ2) is 8.69. The highest BCUT2D eigenvalue weighted by molar-refractivity contribution is 7.89. The van der Waals surface area contributed by atoms with Gasteiger partial charge in [-0.2, -0.15) is 4.31 Å². The summed E-state index contributed by atoms with van der Waals surface area (Å²) in [6.07, 6.45) is 2.68. The van der Waals surface area contributed by atoms with E-state index in [4.69, 9.17) is 0 Å². The topological polar surface area (TPSA) is 83.8 Å². The van der Waals surface area contributed by atoms with Gasteiger partial charge in [-0.25, -0.2) is 17.8 Å². The van der Waals surface area contributed by atoms with Gasteiger partial charge in [-0.1, -0.05) is 18.2 Å². The van der Waals surface area contributed by atoms with Gasteiger partial charge in [0.25, 0.3) is 0 Å². The molecule has 10 heteroatoms. The van der Waals surface area contributed by atoms with Crippen LogP contribution in [0.5, 0.6) is 0 Å². The van der Waals surface area contributed by atoms with Crippen molar-refractivity contribution < 1.29 is 17.6 Å². The number of amides is 1. The first kappa shape index (κ1) is 21.7. The Kier molecular flexibility index (Phi) is 5.73. The Morgan fingerprint density at radius 1 is 1.06 bits per heavy atom. The predicted molar refractivity (Wildman–Crippen MR) is 125 cm³/mol. The number of carbonyl (C=O) groups is 1. The average molecular weight is 485 g/mol. The first-order valence-electron chi connectivity index (χ1n) is 10.5. The molecule has 0 atom stereocenters. The lowest BCUT2D eigenvalue weighted by Crippen LogP contribution is -2.41. The Morgan fingerprint density at radius 3 is 2.45 bits per heavy atom. The van der Waals surface area contributed by atoms with Crippen molar-refractivity contribution in [3.63, 3.8) is 0 Å². The summed E-state index contributed by atoms with van der Waals surface area (Å²) in [5.74, 6) is -0.314. The van der Waals surface area contributed by atoms with Crippen molar-refractivity contribution in [2.45, 2.75) is 17.7 Å². The molecule has 1 saturated heterocycles. The second-order valence-corrected chi connectivity index (χ2v) is 10.7. The van der Waals surface area contributed by atoms with Gasteiger partial charge in [-0.05, 0) is 49.2 Å². The molecule has 0 bridgehead atoms. The summed E-state index contributed by atoms with van der Waals surface area (Å²) in [4.78, 5) is 18.7. The fraction of sp³-hybridized carbons (Fsp3) is 0.217. The van der Waals surface area contributed by atoms with E-state index in [1.807, 2.05) is 11.6 Å². The van der Waals surface area contributed by atoms with E-state index in [1.165, 1.54) is 27.8 Å². The molecule has 1 aliphatic rings. The van der Waals surface area contributed by atoms with Crippen molar-refractivity contribution >= 4 is 38.0 Å². The Balaban J connectivity index is 1.33. The number of hydrogen-bond donors (Lipinski definition) is 1. The number of benzene rings is 2. The van der Waals surface area contributed by atoms with Gasteiger partial charge in [0.1, 0.15) is 17.3 Å². The Morgan fingerprint density at radius 2 is 1.76 bits per heavy atom. The maximum atomic E-state index is 13.4. The standard InChI is InChI=1S/C23H21FN4O3S2/c24-18-8-6-16(7-9-18)20-21(28-14-15-32-23(28)25-20)26-22(29)17-10-12-27(13-11-17)33(30,31)19-4-2-1-3-5-19/h1-9,14-15,17H,10-13H2,(H,26,29). The van der Waals surface area contributed by atoms with E-state index in [9.17, 15) is 17.6 Å². The molecular weight excluding hydrogens is 463 g/mol. The summed E-state index contributed by atoms with van der Waals surface area (Å²) in [6, 6.07) is 14.3. The van der Waals surface area contributed by atoms with Gasteiger partial charge in [0, 0.05) is 36.1 Å². The van der Waals surface area contributed by atoms with E-state index >= 15 is 0 Å². The zero-order valence-corrected chi connectivity index (χ0v) is 19.2. The summed E-state index contributed by atoms with van der Waals surface area (Å²) in [7, 11) is -3.57. The predicted octanol–water partition coefficient (Wildman–Crippen LogP) is 4.24. The number of imidazole rings is 1. The van der Waals surface area contributed by atoms with Crippen molar-refractivity contribution in [3.05, 3.63) is 72.0 Å². The summed E-state index contributed by atoms with van der Waals surface area (Å²) < 4.78 is 42.3. The number of fused-ring (bicyclic) bond motifs is 1. The highest BCUT2D eigenvalue weighted by Crippen LogP contribution is 2.32. The van der Waals surface area contributed by atoms with Crippen molar-refractivity contribution in [1.29, 1.82) is 0 Å². The van der Waals surface area contributed by atoms with Crippen LogP contribution >= 0.6 is 11.3 Å². The molecular formula is C23H21FN4O3S2. The van der Waals surface area contributed by atoms with Gasteiger partial charge in [0.05, 0.1) is 4.90 Å². The molecule has 2 aromatic heterocycles. The minimum absolute atomic E-state index is 0.178. The number of sulfonamides is 1. The van der Waals surface area contributed by atoms with Crippen molar-refractivity contribution in [3.8, 4) is 11.3 Å². The monoisotopic (exact) mass is 484 g/mol. The van der Waals surface area contributed by atoms with Gasteiger partial charge in [-0.3, -0.25) is 9.20 Å². The molecule has 33 heavy (non-hydrogen) atoms. The summed E-state index contributed by atoms with van der Waals surface area (Å²) in [5.41, 5.74) is 1.27. The number of anilines is 1. The molecule has 5 rings (SSSR count). The van der Waals surface area contributed by atoms with Crippen LogP contribution in [0.15, 0.2) is 71.1 Å². The average Bonchev–Trinajstić information content (AvgIpc) is 3.43. The van der Waals surface area contributed by atoms with Gasteiger partial charge in [-0.15, -0.1) is 11.3 Å². The summed E-state index contributed by atoms with van der Waals surface area (Å²) >= 11 is 1.44. The Bertz CT molecular complexity index is 1390. The number of nitrogens with zero attached hydrogens (tertiary/aromatic N) is 3. The molecule has 2 aromatic carbocycles. The molecule has 0 saturated carbocycles. The number of carbonyl (C=O) groups excluding carboxylic acids is 1. The quantitative estimate of drug-likeness (QED) is 0.459. The lowest BCUT2D eigenvalue weighted by Gasteiger charge is -2.30. The van der Waals surface area contributed by atoms with Crippen molar-refractivity contribution in [2.75, 3.05) is 18.4 Å². The zero-order valence-electron chi connectivity index (χ0n) is 17.5. The normalized spacial score (nSPS) is 15.7. The van der Waals surface area contributed by atoms with Gasteiger partial charge in [0.15, 0.2) is 4.96 Å². The molecule has 1 fully saturated rings. The lowest BCUT2D eigenvalue weighted by molar-refractivity contribution is -0.120. The minimum atomic E-state index is -3.57. The SMILES string of the molecule is O=C(Nc1c(-c2ccc(F)cc2)nc2sccn12)C1CCN(S(=O)(=O)c2ccccc2)CC1. The van der Waals surface area contributed by atoms with Crippen LogP contribution in [0.25, 0.3) is 16.2 Å². The van der Waals surface area contributed by atoms with Crippen LogP contribution in [0.2, 0.25) is 0 Å². The molecule has 1 amide bonds. The van der Waals surface area contributed by atoms with E-state index in [2.05, 4.69) is 10.3 Å². The van der Waals surface area contributed by atoms with Gasteiger partial charge in [0.2, 0.25) is 15.9 Å². The molecule has 170 valence electrons. The number of rotatable bonds is 5. The van der Waals surface area contributed by atoms with E-state index < -0.39 is 10.0 Å². The molecule has 1 N–H and O–H groups in total. The molecule has 0 radical (unpaired) electrons. The molecule has 0 spiro atoms. The molecule has 0 unspecified atom stereocenters. The number of aromatic nitrogens is 2. The molecule has 7 nitrogen and oxygen atoms in total. The fourth-order valence-corrected chi connectivity index (χ4v) is 6.24. The third kappa shape index (κ3) is 4.17. The van der Waals surface area contributed by atoms with Crippen LogP contribution in [0.1, 0.15) is 12.8 Å². The number of halogens is 1. The fourth-order valence-electron chi connectivity index (χ4n) is 4.03. The van der Waals surface area contributed by atoms with Crippen LogP contribution in [0.3, 0.4) is 0 Å². The zero-order chi connectivity index (χ0) is 23.0. The largest absolute Gasteiger partial charge is 0.310 e. The first-order valence-corrected chi connectivity index (χ1v) is 12.8. The van der Waals surface area contributed by atoms with Gasteiger partial charge >= 0.3 is 0 Å². The lowest BCUT2D eigenvalue weighted by atomic mass is 9.97. The Hall–Kier alpha value is -3.08. The number of thiazole rings is 1. The van der Waals surface area contributed by atoms with E-state index in [0.717, 1.165) is 0 Å². The molecule has 3 heterocycles. The molecule has 4 aromatic rings. The van der Waals surface area contributed by atoms with E-state index in [-0.39, 0.29) is 35.6 Å².